The minimum Gasteiger partial charge on any atom is -0.281 e. The van der Waals surface area contributed by atoms with Crippen molar-refractivity contribution in [1.29, 1.82) is 0 Å². The van der Waals surface area contributed by atoms with Gasteiger partial charge in [-0.1, -0.05) is 135 Å². The Morgan fingerprint density at radius 2 is 0.574 bits per heavy atom. The lowest BCUT2D eigenvalue weighted by Gasteiger charge is -2.39. The van der Waals surface area contributed by atoms with Crippen LogP contribution >= 0.6 is 36.4 Å². The van der Waals surface area contributed by atoms with Gasteiger partial charge in [0.25, 0.3) is 0 Å². The Morgan fingerprint density at radius 1 is 0.333 bits per heavy atom. The zero-order valence-electron chi connectivity index (χ0n) is 32.8. The van der Waals surface area contributed by atoms with E-state index >= 15 is 0 Å². The van der Waals surface area contributed by atoms with E-state index in [1.54, 1.807) is 36.4 Å². The zero-order chi connectivity index (χ0) is 38.3. The van der Waals surface area contributed by atoms with E-state index in [4.69, 9.17) is 0 Å². The normalized spacial score (nSPS) is 25.7. The van der Waals surface area contributed by atoms with Gasteiger partial charge in [0.15, 0.2) is 0 Å². The standard InChI is InChI=1S/C42H57N9S3/c1-40(2,3)37-43-34(46-52-49-37)28-16-10-25(11-17-28)31-22-32(26-12-18-29(19-13-26)35-44-38(41(4,5)6)50-53-47-35)24-33(23-31)27-14-20-30(21-15-27)36-45-39(42(7,8)9)51-54-48-36/h10-24,34-39,43-51H,1-9H3. The van der Waals surface area contributed by atoms with Gasteiger partial charge in [-0.2, -0.15) is 0 Å². The van der Waals surface area contributed by atoms with Gasteiger partial charge in [-0.25, -0.2) is 28.3 Å². The van der Waals surface area contributed by atoms with Gasteiger partial charge in [-0.3, -0.25) is 16.0 Å². The second-order valence-electron chi connectivity index (χ2n) is 17.9. The highest BCUT2D eigenvalue weighted by molar-refractivity contribution is 7.95. The molecule has 3 saturated heterocycles. The molecule has 6 unspecified atom stereocenters. The quantitative estimate of drug-likeness (QED) is 0.0873. The van der Waals surface area contributed by atoms with E-state index in [1.165, 1.54) is 50.1 Å². The van der Waals surface area contributed by atoms with Gasteiger partial charge >= 0.3 is 0 Å². The number of hydrogen-bond donors (Lipinski definition) is 9. The molecule has 0 radical (unpaired) electrons. The van der Waals surface area contributed by atoms with Crippen molar-refractivity contribution in [2.75, 3.05) is 0 Å². The minimum absolute atomic E-state index is 0.0513. The fraction of sp³-hybridized carbons (Fsp3) is 0.429. The maximum absolute atomic E-state index is 3.74. The van der Waals surface area contributed by atoms with Crippen molar-refractivity contribution in [2.24, 2.45) is 16.2 Å². The fourth-order valence-electron chi connectivity index (χ4n) is 6.66. The van der Waals surface area contributed by atoms with Gasteiger partial charge in [0.1, 0.15) is 0 Å². The average molecular weight is 784 g/mol. The van der Waals surface area contributed by atoms with Crippen LogP contribution in [0.1, 0.15) is 97.5 Å². The zero-order valence-corrected chi connectivity index (χ0v) is 35.3. The van der Waals surface area contributed by atoms with Crippen LogP contribution in [0.15, 0.2) is 91.0 Å². The third kappa shape index (κ3) is 9.39. The summed E-state index contributed by atoms with van der Waals surface area (Å²) < 4.78 is 20.9. The summed E-state index contributed by atoms with van der Waals surface area (Å²) in [5.41, 5.74) is 11.0. The Hall–Kier alpha value is -2.43. The third-order valence-corrected chi connectivity index (χ3v) is 12.4. The van der Waals surface area contributed by atoms with Crippen molar-refractivity contribution in [1.82, 2.24) is 44.3 Å². The molecule has 9 nitrogen and oxygen atoms in total. The van der Waals surface area contributed by atoms with E-state index < -0.39 is 0 Å². The Labute approximate surface area is 335 Å². The maximum atomic E-state index is 3.74. The number of hydrogen-bond acceptors (Lipinski definition) is 12. The lowest BCUT2D eigenvalue weighted by Crippen LogP contribution is -2.56. The van der Waals surface area contributed by atoms with Crippen molar-refractivity contribution < 1.29 is 0 Å². The molecule has 288 valence electrons. The molecular formula is C42H57N9S3. The molecule has 0 aliphatic carbocycles. The molecule has 3 aliphatic heterocycles. The number of nitrogens with one attached hydrogen (secondary N) is 9. The summed E-state index contributed by atoms with van der Waals surface area (Å²) in [6.45, 7) is 20.3. The molecule has 9 N–H and O–H groups in total. The van der Waals surface area contributed by atoms with Crippen LogP contribution < -0.4 is 44.3 Å². The van der Waals surface area contributed by atoms with E-state index in [-0.39, 0.29) is 53.2 Å². The average Bonchev–Trinajstić information content (AvgIpc) is 3.17. The molecule has 3 aliphatic rings. The van der Waals surface area contributed by atoms with E-state index in [1.807, 2.05) is 0 Å². The monoisotopic (exact) mass is 783 g/mol. The summed E-state index contributed by atoms with van der Waals surface area (Å²) in [4.78, 5) is 0. The van der Waals surface area contributed by atoms with Gasteiger partial charge in [0.2, 0.25) is 0 Å². The molecule has 54 heavy (non-hydrogen) atoms. The van der Waals surface area contributed by atoms with E-state index in [0.717, 1.165) is 0 Å². The van der Waals surface area contributed by atoms with Gasteiger partial charge in [-0.15, -0.1) is 0 Å². The van der Waals surface area contributed by atoms with Crippen LogP contribution in [0.4, 0.5) is 0 Å². The summed E-state index contributed by atoms with van der Waals surface area (Å²) in [5.74, 6) is 0. The maximum Gasteiger partial charge on any atom is 0.0950 e. The molecule has 3 fully saturated rings. The van der Waals surface area contributed by atoms with E-state index in [9.17, 15) is 0 Å². The highest BCUT2D eigenvalue weighted by atomic mass is 32.2. The van der Waals surface area contributed by atoms with Crippen LogP contribution in [0.5, 0.6) is 0 Å². The van der Waals surface area contributed by atoms with Gasteiger partial charge in [0, 0.05) is 36.4 Å². The molecular weight excluding hydrogens is 727 g/mol. The van der Waals surface area contributed by atoms with E-state index in [0.29, 0.717) is 0 Å². The molecule has 3 heterocycles. The summed E-state index contributed by atoms with van der Waals surface area (Å²) in [6.07, 6.45) is 0.711. The predicted octanol–water partition coefficient (Wildman–Crippen LogP) is 8.84. The SMILES string of the molecule is CC(C)(C)C1NSNC(c2ccc(-c3cc(-c4ccc(C5NSNC(C(C)(C)C)N5)cc4)cc(-c4ccc(C5NSNC(C(C)(C)C)N5)cc4)c3)cc2)N1. The first-order valence-electron chi connectivity index (χ1n) is 18.9. The summed E-state index contributed by atoms with van der Waals surface area (Å²) >= 11 is 4.70. The first kappa shape index (κ1) is 39.8. The molecule has 0 bridgehead atoms. The minimum atomic E-state index is 0.0513. The van der Waals surface area contributed by atoms with Crippen LogP contribution in [0.3, 0.4) is 0 Å². The molecule has 6 atom stereocenters. The highest BCUT2D eigenvalue weighted by Gasteiger charge is 2.33. The molecule has 12 heteroatoms. The first-order valence-corrected chi connectivity index (χ1v) is 21.3. The lowest BCUT2D eigenvalue weighted by atomic mass is 9.91. The lowest BCUT2D eigenvalue weighted by molar-refractivity contribution is 0.223. The molecule has 4 aromatic carbocycles. The van der Waals surface area contributed by atoms with Gasteiger partial charge < -0.3 is 0 Å². The second-order valence-corrected chi connectivity index (χ2v) is 19.9. The highest BCUT2D eigenvalue weighted by Crippen LogP contribution is 2.36. The topological polar surface area (TPSA) is 108 Å². The fourth-order valence-corrected chi connectivity index (χ4v) is 9.45. The Balaban J connectivity index is 1.18. The third-order valence-electron chi connectivity index (χ3n) is 10.3. The van der Waals surface area contributed by atoms with Crippen molar-refractivity contribution in [3.8, 4) is 33.4 Å². The first-order chi connectivity index (χ1) is 25.6. The summed E-state index contributed by atoms with van der Waals surface area (Å²) in [6, 6.07) is 33.9. The summed E-state index contributed by atoms with van der Waals surface area (Å²) in [5, 5.41) is 11.2. The van der Waals surface area contributed by atoms with E-state index in [2.05, 4.69) is 198 Å². The predicted molar refractivity (Wildman–Crippen MR) is 232 cm³/mol. The molecule has 4 aromatic rings. The Morgan fingerprint density at radius 3 is 0.796 bits per heavy atom. The molecule has 7 rings (SSSR count). The van der Waals surface area contributed by atoms with Crippen molar-refractivity contribution in [3.63, 3.8) is 0 Å². The van der Waals surface area contributed by atoms with Crippen molar-refractivity contribution in [2.45, 2.75) is 99.3 Å². The molecule has 0 amide bonds. The molecule has 0 saturated carbocycles. The van der Waals surface area contributed by atoms with Gasteiger partial charge in [0.05, 0.1) is 37.0 Å². The van der Waals surface area contributed by atoms with Crippen LogP contribution in [0.2, 0.25) is 0 Å². The van der Waals surface area contributed by atoms with Crippen LogP contribution in [-0.4, -0.2) is 18.5 Å². The summed E-state index contributed by atoms with van der Waals surface area (Å²) in [7, 11) is 0. The largest absolute Gasteiger partial charge is 0.281 e. The van der Waals surface area contributed by atoms with Crippen molar-refractivity contribution >= 4 is 36.4 Å². The smallest absolute Gasteiger partial charge is 0.0950 e. The number of benzene rings is 4. The molecule has 0 spiro atoms. The second kappa shape index (κ2) is 16.2. The van der Waals surface area contributed by atoms with Gasteiger partial charge in [-0.05, 0) is 84.5 Å². The van der Waals surface area contributed by atoms with Crippen LogP contribution in [-0.2, 0) is 0 Å². The van der Waals surface area contributed by atoms with Crippen molar-refractivity contribution in [3.05, 3.63) is 108 Å². The molecule has 0 aromatic heterocycles. The van der Waals surface area contributed by atoms with Crippen LogP contribution in [0, 0.1) is 16.2 Å². The van der Waals surface area contributed by atoms with Crippen LogP contribution in [0.25, 0.3) is 33.4 Å². The Bertz CT molecular complexity index is 1640. The Kier molecular flexibility index (Phi) is 11.9. The number of rotatable bonds is 6.